The average Bonchev–Trinajstić information content (AvgIpc) is 2.93. The van der Waals surface area contributed by atoms with E-state index in [0.29, 0.717) is 25.6 Å². The van der Waals surface area contributed by atoms with Crippen LogP contribution < -0.4 is 10.6 Å². The lowest BCUT2D eigenvalue weighted by atomic mass is 10.2. The van der Waals surface area contributed by atoms with Gasteiger partial charge in [-0.05, 0) is 27.7 Å². The summed E-state index contributed by atoms with van der Waals surface area (Å²) in [5.74, 6) is 0.424. The Bertz CT molecular complexity index is 522. The number of rotatable bonds is 5. The van der Waals surface area contributed by atoms with Gasteiger partial charge in [0.1, 0.15) is 12.1 Å². The summed E-state index contributed by atoms with van der Waals surface area (Å²) in [4.78, 5) is 31.5. The van der Waals surface area contributed by atoms with E-state index in [1.807, 2.05) is 27.7 Å². The highest BCUT2D eigenvalue weighted by atomic mass is 127. The number of nitrogens with zero attached hydrogens (tertiary/aromatic N) is 3. The number of nitrogens with one attached hydrogen (secondary N) is 2. The van der Waals surface area contributed by atoms with Crippen molar-refractivity contribution in [2.24, 2.45) is 4.99 Å². The summed E-state index contributed by atoms with van der Waals surface area (Å²) in [5, 5.41) is 6.36. The Morgan fingerprint density at radius 3 is 2.37 bits per heavy atom. The summed E-state index contributed by atoms with van der Waals surface area (Å²) in [5.41, 5.74) is -0.548. The van der Waals surface area contributed by atoms with Crippen LogP contribution in [0.15, 0.2) is 4.99 Å². The number of ether oxygens (including phenoxy) is 2. The zero-order valence-corrected chi connectivity index (χ0v) is 19.7. The average molecular weight is 499 g/mol. The van der Waals surface area contributed by atoms with Crippen LogP contribution in [-0.2, 0) is 14.3 Å². The number of likely N-dealkylation sites (N-methyl/N-ethyl adjacent to an activating group) is 1. The first-order valence-corrected chi connectivity index (χ1v) is 8.83. The predicted octanol–water partition coefficient (Wildman–Crippen LogP) is 0.882. The van der Waals surface area contributed by atoms with Gasteiger partial charge in [-0.15, -0.1) is 24.0 Å². The number of hydrogen-bond acceptors (Lipinski definition) is 5. The molecule has 0 spiro atoms. The van der Waals surface area contributed by atoms with Crippen LogP contribution in [0.2, 0.25) is 0 Å². The minimum atomic E-state index is -0.548. The van der Waals surface area contributed by atoms with E-state index in [9.17, 15) is 9.59 Å². The molecule has 0 saturated carbocycles. The van der Waals surface area contributed by atoms with Crippen molar-refractivity contribution in [1.82, 2.24) is 20.4 Å². The summed E-state index contributed by atoms with van der Waals surface area (Å²) in [6, 6.07) is -0.153. The fourth-order valence-corrected chi connectivity index (χ4v) is 2.41. The molecule has 1 unspecified atom stereocenters. The van der Waals surface area contributed by atoms with Gasteiger partial charge in [0.25, 0.3) is 0 Å². The van der Waals surface area contributed by atoms with Gasteiger partial charge in [-0.25, -0.2) is 9.79 Å². The Labute approximate surface area is 179 Å². The molecule has 2 N–H and O–H groups in total. The zero-order chi connectivity index (χ0) is 19.9. The number of amides is 2. The van der Waals surface area contributed by atoms with Crippen molar-refractivity contribution in [1.29, 1.82) is 0 Å². The minimum absolute atomic E-state index is 0. The van der Waals surface area contributed by atoms with Crippen molar-refractivity contribution in [3.63, 3.8) is 0 Å². The molecule has 1 aliphatic rings. The van der Waals surface area contributed by atoms with E-state index < -0.39 is 5.60 Å². The molecule has 0 aliphatic carbocycles. The van der Waals surface area contributed by atoms with Gasteiger partial charge in [-0.2, -0.15) is 0 Å². The number of methoxy groups -OCH3 is 1. The monoisotopic (exact) mass is 499 g/mol. The standard InChI is InChI=1S/C17H33N5O4.HI/c1-8-18-15(19-9-14(23)21(5)6)20-12-10-22(11-13(12)25-7)16(24)26-17(2,3)4;/h12-13H,8-11H2,1-7H3,(H2,18,19,20);1H/t12?,13-;/m0./s1. The van der Waals surface area contributed by atoms with E-state index in [0.717, 1.165) is 0 Å². The Balaban J connectivity index is 0.00000676. The van der Waals surface area contributed by atoms with E-state index in [-0.39, 0.29) is 54.7 Å². The highest BCUT2D eigenvalue weighted by molar-refractivity contribution is 14.0. The zero-order valence-electron chi connectivity index (χ0n) is 17.4. The number of carbonyl (C=O) groups excluding carboxylic acids is 2. The summed E-state index contributed by atoms with van der Waals surface area (Å²) in [6.45, 7) is 9.01. The highest BCUT2D eigenvalue weighted by Gasteiger charge is 2.37. The lowest BCUT2D eigenvalue weighted by molar-refractivity contribution is -0.127. The second kappa shape index (κ2) is 11.5. The molecular formula is C17H34IN5O4. The van der Waals surface area contributed by atoms with Gasteiger partial charge in [-0.1, -0.05) is 0 Å². The fourth-order valence-electron chi connectivity index (χ4n) is 2.41. The molecule has 1 heterocycles. The van der Waals surface area contributed by atoms with Gasteiger partial charge in [0.2, 0.25) is 5.91 Å². The molecule has 0 radical (unpaired) electrons. The van der Waals surface area contributed by atoms with Gasteiger partial charge in [0.05, 0.1) is 18.7 Å². The Kier molecular flexibility index (Phi) is 11.0. The van der Waals surface area contributed by atoms with Crippen LogP contribution in [0.3, 0.4) is 0 Å². The van der Waals surface area contributed by atoms with Crippen molar-refractivity contribution in [3.8, 4) is 0 Å². The second-order valence-electron chi connectivity index (χ2n) is 7.39. The molecule has 0 aromatic carbocycles. The molecule has 158 valence electrons. The van der Waals surface area contributed by atoms with Crippen molar-refractivity contribution in [2.45, 2.75) is 45.4 Å². The minimum Gasteiger partial charge on any atom is -0.444 e. The number of halogens is 1. The van der Waals surface area contributed by atoms with Crippen LogP contribution >= 0.6 is 24.0 Å². The van der Waals surface area contributed by atoms with Crippen molar-refractivity contribution in [2.75, 3.05) is 47.4 Å². The summed E-state index contributed by atoms with van der Waals surface area (Å²) >= 11 is 0. The highest BCUT2D eigenvalue weighted by Crippen LogP contribution is 2.17. The molecule has 27 heavy (non-hydrogen) atoms. The lowest BCUT2D eigenvalue weighted by Gasteiger charge is -2.24. The maximum Gasteiger partial charge on any atom is 0.410 e. The summed E-state index contributed by atoms with van der Waals surface area (Å²) < 4.78 is 10.9. The van der Waals surface area contributed by atoms with E-state index in [1.54, 1.807) is 26.1 Å². The SMILES string of the molecule is CCNC(=NCC(=O)N(C)C)NC1CN(C(=O)OC(C)(C)C)C[C@@H]1OC.I. The van der Waals surface area contributed by atoms with Gasteiger partial charge >= 0.3 is 6.09 Å². The van der Waals surface area contributed by atoms with E-state index in [4.69, 9.17) is 9.47 Å². The molecule has 10 heteroatoms. The number of aliphatic imine (C=N–C) groups is 1. The second-order valence-corrected chi connectivity index (χ2v) is 7.39. The van der Waals surface area contributed by atoms with E-state index in [2.05, 4.69) is 15.6 Å². The molecule has 1 fully saturated rings. The van der Waals surface area contributed by atoms with Crippen LogP contribution in [0, 0.1) is 0 Å². The smallest absolute Gasteiger partial charge is 0.410 e. The number of hydrogen-bond donors (Lipinski definition) is 2. The lowest BCUT2D eigenvalue weighted by Crippen LogP contribution is -2.49. The van der Waals surface area contributed by atoms with Crippen LogP contribution in [0.25, 0.3) is 0 Å². The number of guanidine groups is 1. The molecule has 2 atom stereocenters. The molecule has 1 rings (SSSR count). The molecule has 0 bridgehead atoms. The Morgan fingerprint density at radius 2 is 1.89 bits per heavy atom. The summed E-state index contributed by atoms with van der Waals surface area (Å²) in [6.07, 6.45) is -0.565. The topological polar surface area (TPSA) is 95.5 Å². The van der Waals surface area contributed by atoms with Crippen LogP contribution in [0.5, 0.6) is 0 Å². The molecule has 1 aliphatic heterocycles. The van der Waals surface area contributed by atoms with Crippen LogP contribution in [-0.4, -0.2) is 92.9 Å². The number of carbonyl (C=O) groups is 2. The van der Waals surface area contributed by atoms with E-state index in [1.165, 1.54) is 4.90 Å². The Hall–Kier alpha value is -1.30. The van der Waals surface area contributed by atoms with Crippen LogP contribution in [0.4, 0.5) is 4.79 Å². The van der Waals surface area contributed by atoms with Gasteiger partial charge in [-0.3, -0.25) is 4.79 Å². The first-order chi connectivity index (χ1) is 12.1. The molecule has 0 aromatic heterocycles. The third kappa shape index (κ3) is 8.96. The largest absolute Gasteiger partial charge is 0.444 e. The molecule has 0 aromatic rings. The summed E-state index contributed by atoms with van der Waals surface area (Å²) in [7, 11) is 4.99. The van der Waals surface area contributed by atoms with Crippen LogP contribution in [0.1, 0.15) is 27.7 Å². The Morgan fingerprint density at radius 1 is 1.26 bits per heavy atom. The quantitative estimate of drug-likeness (QED) is 0.332. The maximum atomic E-state index is 12.3. The van der Waals surface area contributed by atoms with Gasteiger partial charge < -0.3 is 29.9 Å². The predicted molar refractivity (Wildman–Crippen MR) is 116 cm³/mol. The third-order valence-electron chi connectivity index (χ3n) is 3.76. The third-order valence-corrected chi connectivity index (χ3v) is 3.76. The van der Waals surface area contributed by atoms with Crippen molar-refractivity contribution < 1.29 is 19.1 Å². The maximum absolute atomic E-state index is 12.3. The molecule has 2 amide bonds. The van der Waals surface area contributed by atoms with E-state index >= 15 is 0 Å². The fraction of sp³-hybridized carbons (Fsp3) is 0.824. The molecular weight excluding hydrogens is 465 g/mol. The molecule has 9 nitrogen and oxygen atoms in total. The normalized spacial score (nSPS) is 20.0. The first-order valence-electron chi connectivity index (χ1n) is 8.83. The molecule has 1 saturated heterocycles. The number of likely N-dealkylation sites (tertiary alicyclic amines) is 1. The van der Waals surface area contributed by atoms with Crippen molar-refractivity contribution in [3.05, 3.63) is 0 Å². The van der Waals surface area contributed by atoms with Gasteiger partial charge in [0, 0.05) is 34.3 Å². The van der Waals surface area contributed by atoms with Gasteiger partial charge in [0.15, 0.2) is 5.96 Å². The first kappa shape index (κ1) is 25.7. The van der Waals surface area contributed by atoms with Crippen molar-refractivity contribution >= 4 is 41.9 Å².